The van der Waals surface area contributed by atoms with Crippen molar-refractivity contribution in [3.63, 3.8) is 0 Å². The van der Waals surface area contributed by atoms with Crippen LogP contribution in [0.2, 0.25) is 5.02 Å². The molecule has 2 aromatic carbocycles. The molecule has 0 aromatic heterocycles. The van der Waals surface area contributed by atoms with Crippen molar-refractivity contribution in [2.75, 3.05) is 7.11 Å². The second-order valence-electron chi connectivity index (χ2n) is 7.29. The molecule has 0 bridgehead atoms. The number of rotatable bonds is 5. The Morgan fingerprint density at radius 2 is 1.96 bits per heavy atom. The Morgan fingerprint density at radius 3 is 2.62 bits per heavy atom. The molecule has 1 fully saturated rings. The number of ketones is 1. The first-order chi connectivity index (χ1) is 11.3. The molecular weight excluding hydrogens is 320 g/mol. The van der Waals surface area contributed by atoms with Crippen LogP contribution in [0, 0.1) is 18.3 Å². The lowest BCUT2D eigenvalue weighted by Crippen LogP contribution is -2.10. The van der Waals surface area contributed by atoms with E-state index in [1.807, 2.05) is 12.1 Å². The average molecular weight is 343 g/mol. The Morgan fingerprint density at radius 1 is 1.21 bits per heavy atom. The van der Waals surface area contributed by atoms with E-state index in [1.54, 1.807) is 13.2 Å². The van der Waals surface area contributed by atoms with Gasteiger partial charge in [-0.05, 0) is 42.0 Å². The van der Waals surface area contributed by atoms with Crippen molar-refractivity contribution in [3.05, 3.63) is 64.2 Å². The van der Waals surface area contributed by atoms with Crippen LogP contribution in [0.1, 0.15) is 36.5 Å². The number of halogens is 1. The molecule has 24 heavy (non-hydrogen) atoms. The van der Waals surface area contributed by atoms with Gasteiger partial charge >= 0.3 is 0 Å². The van der Waals surface area contributed by atoms with Gasteiger partial charge in [-0.3, -0.25) is 4.79 Å². The fourth-order valence-electron chi connectivity index (χ4n) is 3.91. The Kier molecular flexibility index (Phi) is 4.44. The molecule has 0 unspecified atom stereocenters. The van der Waals surface area contributed by atoms with E-state index in [4.69, 9.17) is 16.3 Å². The third kappa shape index (κ3) is 3.08. The molecule has 2 nitrogen and oxygen atoms in total. The van der Waals surface area contributed by atoms with Crippen LogP contribution in [0.4, 0.5) is 0 Å². The summed E-state index contributed by atoms with van der Waals surface area (Å²) in [6, 6.07) is 13.9. The van der Waals surface area contributed by atoms with E-state index in [9.17, 15) is 4.79 Å². The van der Waals surface area contributed by atoms with Crippen LogP contribution in [-0.4, -0.2) is 12.9 Å². The smallest absolute Gasteiger partial charge is 0.141 e. The highest BCUT2D eigenvalue weighted by molar-refractivity contribution is 6.30. The summed E-state index contributed by atoms with van der Waals surface area (Å²) in [7, 11) is 1.62. The highest BCUT2D eigenvalue weighted by atomic mass is 35.5. The molecule has 3 heteroatoms. The maximum atomic E-state index is 12.9. The summed E-state index contributed by atoms with van der Waals surface area (Å²) in [4.78, 5) is 12.9. The fraction of sp³-hybridized carbons (Fsp3) is 0.381. The number of ether oxygens (including phenoxy) is 1. The molecule has 1 saturated carbocycles. The maximum Gasteiger partial charge on any atom is 0.141 e. The summed E-state index contributed by atoms with van der Waals surface area (Å²) in [5, 5.41) is 0.629. The van der Waals surface area contributed by atoms with Crippen molar-refractivity contribution in [1.82, 2.24) is 0 Å². The minimum absolute atomic E-state index is 0.00329. The summed E-state index contributed by atoms with van der Waals surface area (Å²) in [6.07, 6.45) is 0.361. The van der Waals surface area contributed by atoms with E-state index < -0.39 is 0 Å². The number of carbonyl (C=O) groups is 1. The van der Waals surface area contributed by atoms with Crippen molar-refractivity contribution >= 4 is 17.4 Å². The van der Waals surface area contributed by atoms with Crippen LogP contribution in [0.3, 0.4) is 0 Å². The Balaban J connectivity index is 1.82. The molecule has 0 radical (unpaired) electrons. The minimum atomic E-state index is -0.00329. The Labute approximate surface area is 148 Å². The average Bonchev–Trinajstić information content (AvgIpc) is 3.10. The monoisotopic (exact) mass is 342 g/mol. The van der Waals surface area contributed by atoms with E-state index >= 15 is 0 Å². The van der Waals surface area contributed by atoms with Gasteiger partial charge in [-0.2, -0.15) is 0 Å². The number of methoxy groups -OCH3 is 1. The summed E-state index contributed by atoms with van der Waals surface area (Å²) >= 11 is 6.08. The highest BCUT2D eigenvalue weighted by Crippen LogP contribution is 2.65. The SMILES string of the molecule is COc1ccc(Cl)cc1CC(=O)[C@@H]1[C@@H](c2cccc(C)c2)C1(C)C. The number of benzene rings is 2. The Bertz CT molecular complexity index is 779. The first-order valence-corrected chi connectivity index (χ1v) is 8.64. The highest BCUT2D eigenvalue weighted by Gasteiger charge is 2.61. The van der Waals surface area contributed by atoms with E-state index in [2.05, 4.69) is 45.0 Å². The van der Waals surface area contributed by atoms with Crippen molar-refractivity contribution in [1.29, 1.82) is 0 Å². The summed E-state index contributed by atoms with van der Waals surface area (Å²) < 4.78 is 5.37. The molecular formula is C21H23ClO2. The molecule has 0 N–H and O–H groups in total. The lowest BCUT2D eigenvalue weighted by Gasteiger charge is -2.09. The van der Waals surface area contributed by atoms with Crippen LogP contribution in [-0.2, 0) is 11.2 Å². The van der Waals surface area contributed by atoms with Crippen LogP contribution in [0.5, 0.6) is 5.75 Å². The molecule has 1 aliphatic rings. The molecule has 0 aliphatic heterocycles. The molecule has 3 rings (SSSR count). The molecule has 1 aliphatic carbocycles. The first-order valence-electron chi connectivity index (χ1n) is 8.26. The van der Waals surface area contributed by atoms with Crippen LogP contribution < -0.4 is 4.74 Å². The topological polar surface area (TPSA) is 26.3 Å². The molecule has 0 saturated heterocycles. The molecule has 2 atom stereocenters. The van der Waals surface area contributed by atoms with Gasteiger partial charge in [0.1, 0.15) is 11.5 Å². The van der Waals surface area contributed by atoms with Crippen molar-refractivity contribution in [3.8, 4) is 5.75 Å². The lowest BCUT2D eigenvalue weighted by molar-refractivity contribution is -0.120. The van der Waals surface area contributed by atoms with Crippen molar-refractivity contribution < 1.29 is 9.53 Å². The second kappa shape index (κ2) is 6.25. The van der Waals surface area contributed by atoms with E-state index in [0.29, 0.717) is 11.4 Å². The maximum absolute atomic E-state index is 12.9. The van der Waals surface area contributed by atoms with Gasteiger partial charge in [0.25, 0.3) is 0 Å². The third-order valence-corrected chi connectivity index (χ3v) is 5.42. The Hall–Kier alpha value is -1.80. The fourth-order valence-corrected chi connectivity index (χ4v) is 4.10. The third-order valence-electron chi connectivity index (χ3n) is 5.18. The number of aryl methyl sites for hydroxylation is 1. The summed E-state index contributed by atoms with van der Waals surface area (Å²) in [5.74, 6) is 1.31. The zero-order valence-corrected chi connectivity index (χ0v) is 15.4. The van der Waals surface area contributed by atoms with E-state index in [1.165, 1.54) is 11.1 Å². The van der Waals surface area contributed by atoms with Gasteiger partial charge in [-0.1, -0.05) is 55.3 Å². The number of hydrogen-bond acceptors (Lipinski definition) is 2. The normalized spacial score (nSPS) is 21.4. The van der Waals surface area contributed by atoms with Gasteiger partial charge in [0.2, 0.25) is 0 Å². The minimum Gasteiger partial charge on any atom is -0.496 e. The largest absolute Gasteiger partial charge is 0.496 e. The molecule has 0 spiro atoms. The zero-order valence-electron chi connectivity index (χ0n) is 14.6. The van der Waals surface area contributed by atoms with Gasteiger partial charge in [-0.15, -0.1) is 0 Å². The second-order valence-corrected chi connectivity index (χ2v) is 7.73. The molecule has 126 valence electrons. The first kappa shape index (κ1) is 17.0. The van der Waals surface area contributed by atoms with Crippen LogP contribution >= 0.6 is 11.6 Å². The van der Waals surface area contributed by atoms with Crippen LogP contribution in [0.15, 0.2) is 42.5 Å². The van der Waals surface area contributed by atoms with Crippen molar-refractivity contribution in [2.24, 2.45) is 11.3 Å². The number of carbonyl (C=O) groups excluding carboxylic acids is 1. The standard InChI is InChI=1S/C21H23ClO2/c1-13-6-5-7-14(10-13)19-20(21(19,2)3)17(23)12-15-11-16(22)8-9-18(15)24-4/h5-11,19-20H,12H2,1-4H3/t19-,20-/m1/s1. The van der Waals surface area contributed by atoms with Gasteiger partial charge in [0, 0.05) is 22.9 Å². The quantitative estimate of drug-likeness (QED) is 0.745. The van der Waals surface area contributed by atoms with Crippen molar-refractivity contribution in [2.45, 2.75) is 33.1 Å². The molecule has 0 amide bonds. The van der Waals surface area contributed by atoms with Gasteiger partial charge in [0.15, 0.2) is 0 Å². The number of hydrogen-bond donors (Lipinski definition) is 0. The summed E-state index contributed by atoms with van der Waals surface area (Å²) in [5.41, 5.74) is 3.35. The predicted molar refractivity (Wildman–Crippen MR) is 97.9 cm³/mol. The zero-order chi connectivity index (χ0) is 17.5. The van der Waals surface area contributed by atoms with E-state index in [0.717, 1.165) is 11.3 Å². The van der Waals surface area contributed by atoms with Crippen LogP contribution in [0.25, 0.3) is 0 Å². The van der Waals surface area contributed by atoms with E-state index in [-0.39, 0.29) is 23.0 Å². The van der Waals surface area contributed by atoms with Gasteiger partial charge in [0.05, 0.1) is 7.11 Å². The predicted octanol–water partition coefficient (Wildman–Crippen LogP) is 5.21. The molecule has 0 heterocycles. The lowest BCUT2D eigenvalue weighted by atomic mass is 10.0. The summed E-state index contributed by atoms with van der Waals surface area (Å²) in [6.45, 7) is 6.45. The molecule has 2 aromatic rings. The van der Waals surface area contributed by atoms with Gasteiger partial charge < -0.3 is 4.74 Å². The van der Waals surface area contributed by atoms with Gasteiger partial charge in [-0.25, -0.2) is 0 Å². The number of Topliss-reactive ketones (excluding diaryl/α,β-unsaturated/α-hetero) is 1.